The van der Waals surface area contributed by atoms with Gasteiger partial charge in [0.05, 0.1) is 12.2 Å². The predicted octanol–water partition coefficient (Wildman–Crippen LogP) is 4.41. The fraction of sp³-hybridized carbons (Fsp3) is 0.500. The lowest BCUT2D eigenvalue weighted by molar-refractivity contribution is -0.133. The molecule has 4 nitrogen and oxygen atoms in total. The molecular weight excluding hydrogens is 332 g/mol. The summed E-state index contributed by atoms with van der Waals surface area (Å²) in [6.07, 6.45) is 2.08. The molecule has 0 radical (unpaired) electrons. The van der Waals surface area contributed by atoms with Crippen LogP contribution in [0.3, 0.4) is 0 Å². The van der Waals surface area contributed by atoms with Crippen LogP contribution in [0.1, 0.15) is 47.2 Å². The minimum absolute atomic E-state index is 0.258. The maximum Gasteiger partial charge on any atom is 0.226 e. The van der Waals surface area contributed by atoms with E-state index in [9.17, 15) is 4.79 Å². The number of carbonyl (C=O) groups is 1. The summed E-state index contributed by atoms with van der Waals surface area (Å²) in [7, 11) is 0. The van der Waals surface area contributed by atoms with Gasteiger partial charge in [-0.1, -0.05) is 6.07 Å². The number of benzene rings is 1. The van der Waals surface area contributed by atoms with Crippen molar-refractivity contribution in [2.75, 3.05) is 6.54 Å². The minimum Gasteiger partial charge on any atom is -0.486 e. The minimum atomic E-state index is 0.258. The molecule has 0 atom stereocenters. The van der Waals surface area contributed by atoms with Crippen molar-refractivity contribution in [2.24, 2.45) is 5.92 Å². The normalized spacial score (nSPS) is 13.8. The van der Waals surface area contributed by atoms with Crippen LogP contribution in [0, 0.1) is 26.7 Å². The molecule has 0 unspecified atom stereocenters. The lowest BCUT2D eigenvalue weighted by atomic mass is 10.1. The molecule has 1 fully saturated rings. The average Bonchev–Trinajstić information content (AvgIpc) is 3.34. The van der Waals surface area contributed by atoms with Crippen molar-refractivity contribution in [3.63, 3.8) is 0 Å². The molecule has 2 aromatic rings. The lowest BCUT2D eigenvalue weighted by Crippen LogP contribution is -2.31. The van der Waals surface area contributed by atoms with Crippen molar-refractivity contribution in [2.45, 2.75) is 53.7 Å². The quantitative estimate of drug-likeness (QED) is 0.736. The van der Waals surface area contributed by atoms with E-state index in [2.05, 4.69) is 37.9 Å². The van der Waals surface area contributed by atoms with Gasteiger partial charge in [0.25, 0.3) is 0 Å². The van der Waals surface area contributed by atoms with Crippen LogP contribution in [0.15, 0.2) is 17.5 Å². The van der Waals surface area contributed by atoms with Gasteiger partial charge in [-0.25, -0.2) is 4.98 Å². The van der Waals surface area contributed by atoms with Gasteiger partial charge in [-0.3, -0.25) is 4.79 Å². The summed E-state index contributed by atoms with van der Waals surface area (Å²) in [5.41, 5.74) is 4.58. The zero-order valence-electron chi connectivity index (χ0n) is 15.5. The third-order valence-corrected chi connectivity index (χ3v) is 5.56. The van der Waals surface area contributed by atoms with Gasteiger partial charge < -0.3 is 9.64 Å². The number of hydrogen-bond donors (Lipinski definition) is 0. The van der Waals surface area contributed by atoms with E-state index in [4.69, 9.17) is 4.74 Å². The number of carbonyl (C=O) groups excluding carboxylic acids is 1. The largest absolute Gasteiger partial charge is 0.486 e. The smallest absolute Gasteiger partial charge is 0.226 e. The molecule has 1 amide bonds. The third-order valence-electron chi connectivity index (χ3n) is 4.69. The van der Waals surface area contributed by atoms with Crippen LogP contribution in [0.2, 0.25) is 0 Å². The Morgan fingerprint density at radius 2 is 2.08 bits per heavy atom. The monoisotopic (exact) mass is 358 g/mol. The van der Waals surface area contributed by atoms with Crippen molar-refractivity contribution in [1.82, 2.24) is 9.88 Å². The molecule has 25 heavy (non-hydrogen) atoms. The standard InChI is InChI=1S/C20H26N2O2S/c1-5-22(20(23)16-6-7-16)10-17-12-25-19(21-17)11-24-18-9-13(2)8-14(3)15(18)4/h8-9,12,16H,5-7,10-11H2,1-4H3. The Labute approximate surface area is 153 Å². The summed E-state index contributed by atoms with van der Waals surface area (Å²) >= 11 is 1.60. The van der Waals surface area contributed by atoms with Crippen molar-refractivity contribution in [1.29, 1.82) is 0 Å². The van der Waals surface area contributed by atoms with Gasteiger partial charge in [-0.2, -0.15) is 0 Å². The van der Waals surface area contributed by atoms with E-state index in [1.807, 2.05) is 17.2 Å². The highest BCUT2D eigenvalue weighted by Gasteiger charge is 2.33. The van der Waals surface area contributed by atoms with Gasteiger partial charge in [-0.15, -0.1) is 11.3 Å². The van der Waals surface area contributed by atoms with Crippen LogP contribution in [0.5, 0.6) is 5.75 Å². The van der Waals surface area contributed by atoms with E-state index < -0.39 is 0 Å². The summed E-state index contributed by atoms with van der Waals surface area (Å²) in [6, 6.07) is 4.24. The number of hydrogen-bond acceptors (Lipinski definition) is 4. The average molecular weight is 359 g/mol. The molecule has 0 aliphatic heterocycles. The zero-order valence-corrected chi connectivity index (χ0v) is 16.3. The molecule has 134 valence electrons. The zero-order chi connectivity index (χ0) is 18.0. The SMILES string of the molecule is CCN(Cc1csc(COc2cc(C)cc(C)c2C)n1)C(=O)C1CC1. The first-order valence-corrected chi connectivity index (χ1v) is 9.78. The van der Waals surface area contributed by atoms with Crippen LogP contribution in [0.25, 0.3) is 0 Å². The molecule has 5 heteroatoms. The van der Waals surface area contributed by atoms with Gasteiger partial charge in [-0.05, 0) is 63.3 Å². The number of amides is 1. The van der Waals surface area contributed by atoms with Crippen molar-refractivity contribution >= 4 is 17.2 Å². The molecule has 1 aliphatic rings. The maximum absolute atomic E-state index is 12.2. The van der Waals surface area contributed by atoms with Crippen LogP contribution >= 0.6 is 11.3 Å². The summed E-state index contributed by atoms with van der Waals surface area (Å²) in [4.78, 5) is 18.8. The summed E-state index contributed by atoms with van der Waals surface area (Å²) < 4.78 is 5.99. The summed E-state index contributed by atoms with van der Waals surface area (Å²) in [6.45, 7) is 10.1. The van der Waals surface area contributed by atoms with Gasteiger partial charge in [0.15, 0.2) is 0 Å². The van der Waals surface area contributed by atoms with E-state index in [0.717, 1.165) is 35.8 Å². The Bertz CT molecular complexity index is 765. The maximum atomic E-state index is 12.2. The van der Waals surface area contributed by atoms with Crippen LogP contribution in [0.4, 0.5) is 0 Å². The van der Waals surface area contributed by atoms with E-state index in [0.29, 0.717) is 13.2 Å². The molecule has 1 aromatic heterocycles. The molecule has 0 N–H and O–H groups in total. The van der Waals surface area contributed by atoms with Crippen molar-refractivity contribution in [3.8, 4) is 5.75 Å². The van der Waals surface area contributed by atoms with Crippen molar-refractivity contribution in [3.05, 3.63) is 44.9 Å². The Hall–Kier alpha value is -1.88. The van der Waals surface area contributed by atoms with Gasteiger partial charge in [0.1, 0.15) is 17.4 Å². The van der Waals surface area contributed by atoms with Crippen molar-refractivity contribution < 1.29 is 9.53 Å². The van der Waals surface area contributed by atoms with E-state index >= 15 is 0 Å². The highest BCUT2D eigenvalue weighted by atomic mass is 32.1. The predicted molar refractivity (Wildman–Crippen MR) is 101 cm³/mol. The van der Waals surface area contributed by atoms with Gasteiger partial charge in [0, 0.05) is 17.8 Å². The number of nitrogens with zero attached hydrogens (tertiary/aromatic N) is 2. The first-order chi connectivity index (χ1) is 12.0. The number of thiazole rings is 1. The number of ether oxygens (including phenoxy) is 1. The van der Waals surface area contributed by atoms with E-state index in [1.165, 1.54) is 16.7 Å². The molecule has 3 rings (SSSR count). The summed E-state index contributed by atoms with van der Waals surface area (Å²) in [5, 5.41) is 2.99. The molecule has 0 bridgehead atoms. The third kappa shape index (κ3) is 4.40. The Kier molecular flexibility index (Phi) is 5.42. The second-order valence-electron chi connectivity index (χ2n) is 6.85. The fourth-order valence-corrected chi connectivity index (χ4v) is 3.60. The van der Waals surface area contributed by atoms with Crippen LogP contribution < -0.4 is 4.74 Å². The molecule has 0 spiro atoms. The highest BCUT2D eigenvalue weighted by molar-refractivity contribution is 7.09. The first kappa shape index (κ1) is 17.9. The fourth-order valence-electron chi connectivity index (χ4n) is 2.91. The van der Waals surface area contributed by atoms with E-state index in [-0.39, 0.29) is 11.8 Å². The Morgan fingerprint density at radius 1 is 1.32 bits per heavy atom. The Morgan fingerprint density at radius 3 is 2.76 bits per heavy atom. The Balaban J connectivity index is 1.61. The van der Waals surface area contributed by atoms with Gasteiger partial charge >= 0.3 is 0 Å². The molecule has 0 saturated heterocycles. The first-order valence-electron chi connectivity index (χ1n) is 8.90. The molecule has 1 aromatic carbocycles. The topological polar surface area (TPSA) is 42.4 Å². The van der Waals surface area contributed by atoms with E-state index in [1.54, 1.807) is 11.3 Å². The highest BCUT2D eigenvalue weighted by Crippen LogP contribution is 2.31. The second-order valence-corrected chi connectivity index (χ2v) is 7.80. The second kappa shape index (κ2) is 7.56. The van der Waals surface area contributed by atoms with Crippen LogP contribution in [-0.4, -0.2) is 22.3 Å². The summed E-state index contributed by atoms with van der Waals surface area (Å²) in [5.74, 6) is 1.46. The molecule has 1 aliphatic carbocycles. The molecular formula is C20H26N2O2S. The molecule has 1 saturated carbocycles. The van der Waals surface area contributed by atoms with Gasteiger partial charge in [0.2, 0.25) is 5.91 Å². The molecule has 1 heterocycles. The number of aryl methyl sites for hydroxylation is 2. The number of aromatic nitrogens is 1. The van der Waals surface area contributed by atoms with Crippen LogP contribution in [-0.2, 0) is 17.9 Å². The number of rotatable bonds is 7. The lowest BCUT2D eigenvalue weighted by Gasteiger charge is -2.19.